The lowest BCUT2D eigenvalue weighted by molar-refractivity contribution is -0.139. The third-order valence-electron chi connectivity index (χ3n) is 3.82. The largest absolute Gasteiger partial charge is 0.491 e. The summed E-state index contributed by atoms with van der Waals surface area (Å²) in [5.41, 5.74) is 6.05. The van der Waals surface area contributed by atoms with Crippen molar-refractivity contribution in [2.24, 2.45) is 11.7 Å². The number of aromatic nitrogens is 2. The van der Waals surface area contributed by atoms with Gasteiger partial charge in [0, 0.05) is 16.8 Å². The zero-order valence-electron chi connectivity index (χ0n) is 15.4. The quantitative estimate of drug-likeness (QED) is 0.810. The van der Waals surface area contributed by atoms with Crippen LogP contribution in [0.3, 0.4) is 0 Å². The number of alkyl halides is 3. The van der Waals surface area contributed by atoms with Crippen molar-refractivity contribution in [1.29, 1.82) is 0 Å². The van der Waals surface area contributed by atoms with Gasteiger partial charge in [-0.25, -0.2) is 9.97 Å². The summed E-state index contributed by atoms with van der Waals surface area (Å²) in [6.45, 7) is 7.54. The van der Waals surface area contributed by atoms with Crippen molar-refractivity contribution in [2.45, 2.75) is 45.8 Å². The van der Waals surface area contributed by atoms with Gasteiger partial charge in [0.05, 0.1) is 11.3 Å². The number of aryl methyl sites for hydroxylation is 1. The van der Waals surface area contributed by atoms with Gasteiger partial charge in [-0.15, -0.1) is 0 Å². The normalized spacial score (nSPS) is 14.3. The lowest BCUT2D eigenvalue weighted by Gasteiger charge is -2.27. The summed E-state index contributed by atoms with van der Waals surface area (Å²) in [5, 5.41) is 0. The van der Waals surface area contributed by atoms with Crippen LogP contribution in [0.4, 0.5) is 13.2 Å². The van der Waals surface area contributed by atoms with Crippen LogP contribution in [0.2, 0.25) is 0 Å². The molecule has 0 saturated heterocycles. The van der Waals surface area contributed by atoms with Gasteiger partial charge in [0.25, 0.3) is 0 Å². The Hall–Kier alpha value is -2.15. The Bertz CT molecular complexity index is 758. The summed E-state index contributed by atoms with van der Waals surface area (Å²) in [6, 6.07) is 5.56. The van der Waals surface area contributed by atoms with E-state index < -0.39 is 17.3 Å². The van der Waals surface area contributed by atoms with E-state index in [9.17, 15) is 13.2 Å². The average molecular weight is 367 g/mol. The van der Waals surface area contributed by atoms with Crippen molar-refractivity contribution in [3.8, 4) is 17.0 Å². The summed E-state index contributed by atoms with van der Waals surface area (Å²) in [6.07, 6.45) is -2.57. The molecule has 0 spiro atoms. The van der Waals surface area contributed by atoms with Crippen molar-refractivity contribution in [1.82, 2.24) is 9.97 Å². The van der Waals surface area contributed by atoms with Gasteiger partial charge in [0.1, 0.15) is 18.7 Å². The second-order valence-electron chi connectivity index (χ2n) is 7.29. The van der Waals surface area contributed by atoms with Crippen molar-refractivity contribution < 1.29 is 17.9 Å². The molecule has 7 heteroatoms. The number of benzene rings is 1. The molecule has 1 heterocycles. The molecular formula is C19H24F3N3O. The minimum Gasteiger partial charge on any atom is -0.491 e. The van der Waals surface area contributed by atoms with E-state index in [0.717, 1.165) is 6.07 Å². The molecule has 0 radical (unpaired) electrons. The van der Waals surface area contributed by atoms with Crippen LogP contribution in [0.25, 0.3) is 11.3 Å². The molecule has 2 rings (SSSR count). The maximum Gasteiger partial charge on any atom is 0.419 e. The van der Waals surface area contributed by atoms with Crippen molar-refractivity contribution in [3.63, 3.8) is 0 Å². The Morgan fingerprint density at radius 1 is 1.15 bits per heavy atom. The summed E-state index contributed by atoms with van der Waals surface area (Å²) < 4.78 is 46.0. The first-order valence-electron chi connectivity index (χ1n) is 8.40. The average Bonchev–Trinajstić information content (AvgIpc) is 2.51. The topological polar surface area (TPSA) is 61.0 Å². The number of halogens is 3. The number of rotatable bonds is 6. The van der Waals surface area contributed by atoms with E-state index >= 15 is 0 Å². The van der Waals surface area contributed by atoms with E-state index in [-0.39, 0.29) is 12.4 Å². The maximum absolute atomic E-state index is 13.5. The lowest BCUT2D eigenvalue weighted by atomic mass is 9.93. The molecule has 1 aromatic heterocycles. The van der Waals surface area contributed by atoms with Crippen molar-refractivity contribution >= 4 is 0 Å². The van der Waals surface area contributed by atoms with Crippen LogP contribution in [0.1, 0.15) is 38.4 Å². The zero-order chi connectivity index (χ0) is 19.5. The zero-order valence-corrected chi connectivity index (χ0v) is 15.4. The molecule has 0 amide bonds. The minimum absolute atomic E-state index is 0.000220. The van der Waals surface area contributed by atoms with Crippen LogP contribution in [-0.2, 0) is 6.18 Å². The number of nitrogens with zero attached hydrogens (tertiary/aromatic N) is 2. The molecule has 2 N–H and O–H groups in total. The fourth-order valence-electron chi connectivity index (χ4n) is 2.88. The van der Waals surface area contributed by atoms with Crippen LogP contribution in [-0.4, -0.2) is 22.1 Å². The number of ether oxygens (including phenoxy) is 1. The predicted octanol–water partition coefficient (Wildman–Crippen LogP) is 4.61. The van der Waals surface area contributed by atoms with Crippen LogP contribution < -0.4 is 10.5 Å². The number of nitrogens with two attached hydrogens (primary N) is 1. The molecule has 0 bridgehead atoms. The molecule has 0 saturated carbocycles. The summed E-state index contributed by atoms with van der Waals surface area (Å²) >= 11 is 0. The van der Waals surface area contributed by atoms with Gasteiger partial charge in [-0.2, -0.15) is 13.2 Å². The second-order valence-corrected chi connectivity index (χ2v) is 7.29. The standard InChI is InChI=1S/C19H24F3N3O/c1-12(2)9-18(4,23)10-26-17-6-5-14(8-15(17)19(20,21)22)16-7-13(3)24-11-25-16/h5-8,11-12H,9-10,23H2,1-4H3. The van der Waals surface area contributed by atoms with Gasteiger partial charge in [0.2, 0.25) is 0 Å². The van der Waals surface area contributed by atoms with E-state index in [1.165, 1.54) is 12.4 Å². The second kappa shape index (κ2) is 7.61. The monoisotopic (exact) mass is 367 g/mol. The molecule has 142 valence electrons. The molecule has 2 aromatic rings. The van der Waals surface area contributed by atoms with Gasteiger partial charge >= 0.3 is 6.18 Å². The fraction of sp³-hybridized carbons (Fsp3) is 0.474. The summed E-state index contributed by atoms with van der Waals surface area (Å²) in [5.74, 6) is 0.0894. The predicted molar refractivity (Wildman–Crippen MR) is 94.7 cm³/mol. The fourth-order valence-corrected chi connectivity index (χ4v) is 2.88. The highest BCUT2D eigenvalue weighted by atomic mass is 19.4. The van der Waals surface area contributed by atoms with Gasteiger partial charge in [0.15, 0.2) is 0 Å². The molecule has 26 heavy (non-hydrogen) atoms. The van der Waals surface area contributed by atoms with Gasteiger partial charge in [-0.05, 0) is 50.5 Å². The SMILES string of the molecule is Cc1cc(-c2ccc(OCC(C)(N)CC(C)C)c(C(F)(F)F)c2)ncn1. The summed E-state index contributed by atoms with van der Waals surface area (Å²) in [4.78, 5) is 8.00. The first-order chi connectivity index (χ1) is 12.0. The van der Waals surface area contributed by atoms with Crippen LogP contribution >= 0.6 is 0 Å². The Labute approximate surface area is 151 Å². The summed E-state index contributed by atoms with van der Waals surface area (Å²) in [7, 11) is 0. The molecule has 0 aliphatic carbocycles. The van der Waals surface area contributed by atoms with Gasteiger partial charge in [-0.1, -0.05) is 13.8 Å². The first-order valence-corrected chi connectivity index (χ1v) is 8.40. The molecule has 1 unspecified atom stereocenters. The number of hydrogen-bond acceptors (Lipinski definition) is 4. The van der Waals surface area contributed by atoms with E-state index in [2.05, 4.69) is 9.97 Å². The Morgan fingerprint density at radius 3 is 2.42 bits per heavy atom. The number of hydrogen-bond donors (Lipinski definition) is 1. The molecule has 1 atom stereocenters. The Morgan fingerprint density at radius 2 is 1.85 bits per heavy atom. The van der Waals surface area contributed by atoms with Crippen molar-refractivity contribution in [2.75, 3.05) is 6.61 Å². The van der Waals surface area contributed by atoms with Crippen LogP contribution in [0.5, 0.6) is 5.75 Å². The highest BCUT2D eigenvalue weighted by Crippen LogP contribution is 2.39. The van der Waals surface area contributed by atoms with Crippen LogP contribution in [0, 0.1) is 12.8 Å². The highest BCUT2D eigenvalue weighted by Gasteiger charge is 2.35. The smallest absolute Gasteiger partial charge is 0.419 e. The van der Waals surface area contributed by atoms with Gasteiger partial charge in [-0.3, -0.25) is 0 Å². The minimum atomic E-state index is -4.55. The maximum atomic E-state index is 13.5. The third-order valence-corrected chi connectivity index (χ3v) is 3.82. The van der Waals surface area contributed by atoms with Gasteiger partial charge < -0.3 is 10.5 Å². The first kappa shape index (κ1) is 20.2. The molecule has 0 aliphatic rings. The Kier molecular flexibility index (Phi) is 5.91. The molecule has 1 aromatic carbocycles. The van der Waals surface area contributed by atoms with E-state index in [1.54, 1.807) is 26.0 Å². The molecule has 4 nitrogen and oxygen atoms in total. The van der Waals surface area contributed by atoms with E-state index in [0.29, 0.717) is 29.3 Å². The lowest BCUT2D eigenvalue weighted by Crippen LogP contribution is -2.43. The molecule has 0 fully saturated rings. The third kappa shape index (κ3) is 5.42. The molecule has 0 aliphatic heterocycles. The Balaban J connectivity index is 2.32. The van der Waals surface area contributed by atoms with E-state index in [4.69, 9.17) is 10.5 Å². The molecular weight excluding hydrogens is 343 g/mol. The highest BCUT2D eigenvalue weighted by molar-refractivity contribution is 5.62. The van der Waals surface area contributed by atoms with Crippen LogP contribution in [0.15, 0.2) is 30.6 Å². The van der Waals surface area contributed by atoms with Crippen molar-refractivity contribution in [3.05, 3.63) is 41.9 Å². The van der Waals surface area contributed by atoms with E-state index in [1.807, 2.05) is 13.8 Å².